The predicted octanol–water partition coefficient (Wildman–Crippen LogP) is 5.51. The molecule has 0 saturated carbocycles. The summed E-state index contributed by atoms with van der Waals surface area (Å²) >= 11 is 0.645. The number of ether oxygens (including phenoxy) is 2. The van der Waals surface area contributed by atoms with Crippen LogP contribution in [-0.2, 0) is 0 Å². The second-order valence-electron chi connectivity index (χ2n) is 6.73. The van der Waals surface area contributed by atoms with E-state index in [1.807, 2.05) is 48.5 Å². The van der Waals surface area contributed by atoms with Gasteiger partial charge in [0.2, 0.25) is 0 Å². The van der Waals surface area contributed by atoms with Crippen LogP contribution in [0.1, 0.15) is 22.4 Å². The number of furan rings is 1. The van der Waals surface area contributed by atoms with Crippen LogP contribution in [0, 0.1) is 0 Å². The summed E-state index contributed by atoms with van der Waals surface area (Å²) < 4.78 is 19.6. The first-order valence-electron chi connectivity index (χ1n) is 9.45. The summed E-state index contributed by atoms with van der Waals surface area (Å²) in [6.07, 6.45) is -0.530. The van der Waals surface area contributed by atoms with E-state index in [4.69, 9.17) is 13.9 Å². The van der Waals surface area contributed by atoms with Crippen molar-refractivity contribution in [2.75, 3.05) is 5.32 Å². The minimum atomic E-state index is -0.548. The zero-order chi connectivity index (χ0) is 21.2. The topological polar surface area (TPSA) is 89.8 Å². The fraction of sp³-hybridized carbons (Fsp3) is 0.0435. The van der Waals surface area contributed by atoms with E-state index in [1.54, 1.807) is 30.3 Å². The Kier molecular flexibility index (Phi) is 4.97. The molecule has 1 aliphatic heterocycles. The number of nitrogens with one attached hydrogen (secondary N) is 2. The van der Waals surface area contributed by atoms with E-state index in [1.165, 1.54) is 0 Å². The molecule has 0 bridgehead atoms. The Bertz CT molecular complexity index is 1240. The lowest BCUT2D eigenvalue weighted by Crippen LogP contribution is -2.24. The van der Waals surface area contributed by atoms with Gasteiger partial charge in [0.05, 0.1) is 0 Å². The highest BCUT2D eigenvalue weighted by Gasteiger charge is 2.26. The van der Waals surface area contributed by atoms with Crippen molar-refractivity contribution >= 4 is 39.8 Å². The zero-order valence-corrected chi connectivity index (χ0v) is 16.8. The number of rotatable bonds is 3. The van der Waals surface area contributed by atoms with Gasteiger partial charge in [-0.15, -0.1) is 0 Å². The van der Waals surface area contributed by atoms with Gasteiger partial charge in [-0.05, 0) is 24.3 Å². The van der Waals surface area contributed by atoms with Gasteiger partial charge in [0.15, 0.2) is 17.3 Å². The quantitative estimate of drug-likeness (QED) is 0.415. The average Bonchev–Trinajstić information content (AvgIpc) is 3.42. The molecule has 1 aliphatic rings. The predicted molar refractivity (Wildman–Crippen MR) is 117 cm³/mol. The molecule has 154 valence electrons. The van der Waals surface area contributed by atoms with Gasteiger partial charge in [-0.25, -0.2) is 4.79 Å². The number of carbonyl (C=O) groups excluding carboxylic acids is 2. The average molecular weight is 432 g/mol. The maximum Gasteiger partial charge on any atom is 0.329 e. The molecule has 7 nitrogen and oxygen atoms in total. The van der Waals surface area contributed by atoms with Crippen molar-refractivity contribution in [2.24, 2.45) is 0 Å². The molecule has 1 aromatic heterocycles. The van der Waals surface area contributed by atoms with Gasteiger partial charge < -0.3 is 19.2 Å². The van der Waals surface area contributed by atoms with E-state index < -0.39 is 17.4 Å². The summed E-state index contributed by atoms with van der Waals surface area (Å²) in [5.41, 5.74) is 2.02. The molecule has 1 unspecified atom stereocenters. The molecule has 0 radical (unpaired) electrons. The van der Waals surface area contributed by atoms with E-state index >= 15 is 0 Å². The van der Waals surface area contributed by atoms with Crippen LogP contribution >= 0.6 is 11.9 Å². The van der Waals surface area contributed by atoms with Crippen molar-refractivity contribution < 1.29 is 23.5 Å². The molecule has 5 rings (SSSR count). The van der Waals surface area contributed by atoms with Crippen molar-refractivity contribution in [3.05, 3.63) is 90.2 Å². The van der Waals surface area contributed by atoms with Crippen molar-refractivity contribution in [3.63, 3.8) is 0 Å². The molecule has 0 fully saturated rings. The molecule has 31 heavy (non-hydrogen) atoms. The Morgan fingerprint density at radius 3 is 2.45 bits per heavy atom. The lowest BCUT2D eigenvalue weighted by molar-refractivity contribution is 0.0487. The number of fused-ring (bicyclic) bond motifs is 2. The standard InChI is InChI=1S/C23H16N2O5S/c26-21(20-12-15-8-4-5-9-17(15)28-20)31-25-23(27)24-16-10-11-18-19(13-16)30-22(29-18)14-6-2-1-3-7-14/h1-13,22H,(H2,24,25,27). The first kappa shape index (κ1) is 19.1. The van der Waals surface area contributed by atoms with Crippen LogP contribution in [0.15, 0.2) is 83.3 Å². The molecule has 0 aliphatic carbocycles. The van der Waals surface area contributed by atoms with E-state index in [0.29, 0.717) is 34.7 Å². The van der Waals surface area contributed by atoms with Crippen molar-refractivity contribution in [2.45, 2.75) is 6.29 Å². The molecular weight excluding hydrogens is 416 g/mol. The third-order valence-electron chi connectivity index (χ3n) is 4.60. The van der Waals surface area contributed by atoms with Crippen molar-refractivity contribution in [1.82, 2.24) is 4.72 Å². The Balaban J connectivity index is 1.18. The molecule has 1 atom stereocenters. The number of hydrogen-bond donors (Lipinski definition) is 2. The van der Waals surface area contributed by atoms with E-state index in [2.05, 4.69) is 10.0 Å². The van der Waals surface area contributed by atoms with Gasteiger partial charge >= 0.3 is 6.03 Å². The monoisotopic (exact) mass is 432 g/mol. The Morgan fingerprint density at radius 2 is 1.61 bits per heavy atom. The Hall–Kier alpha value is -3.91. The molecule has 2 amide bonds. The Morgan fingerprint density at radius 1 is 0.839 bits per heavy atom. The number of amides is 2. The highest BCUT2D eigenvalue weighted by molar-refractivity contribution is 8.12. The van der Waals surface area contributed by atoms with Gasteiger partial charge in [0.25, 0.3) is 11.4 Å². The molecule has 0 spiro atoms. The molecule has 2 heterocycles. The van der Waals surface area contributed by atoms with Crippen LogP contribution < -0.4 is 19.5 Å². The van der Waals surface area contributed by atoms with Gasteiger partial charge in [-0.3, -0.25) is 9.52 Å². The van der Waals surface area contributed by atoms with Gasteiger partial charge in [0, 0.05) is 34.7 Å². The summed E-state index contributed by atoms with van der Waals surface area (Å²) in [6, 6.07) is 23.1. The molecule has 0 saturated heterocycles. The molecule has 4 aromatic rings. The molecule has 3 aromatic carbocycles. The van der Waals surface area contributed by atoms with E-state index in [0.717, 1.165) is 10.9 Å². The third kappa shape index (κ3) is 4.06. The third-order valence-corrected chi connectivity index (χ3v) is 5.28. The summed E-state index contributed by atoms with van der Waals surface area (Å²) in [4.78, 5) is 24.5. The molecular formula is C23H16N2O5S. The van der Waals surface area contributed by atoms with Gasteiger partial charge in [-0.1, -0.05) is 48.5 Å². The van der Waals surface area contributed by atoms with Crippen molar-refractivity contribution in [1.29, 1.82) is 0 Å². The zero-order valence-electron chi connectivity index (χ0n) is 16.0. The second kappa shape index (κ2) is 8.08. The van der Waals surface area contributed by atoms with Gasteiger partial charge in [0.1, 0.15) is 5.58 Å². The SMILES string of the molecule is O=C(NSC(=O)c1cc2ccccc2o1)Nc1ccc2c(c1)OC(c1ccccc1)O2. The van der Waals surface area contributed by atoms with Crippen molar-refractivity contribution in [3.8, 4) is 11.5 Å². The maximum absolute atomic E-state index is 12.3. The van der Waals surface area contributed by atoms with Crippen LogP contribution in [0.5, 0.6) is 11.5 Å². The maximum atomic E-state index is 12.3. The van der Waals surface area contributed by atoms with E-state index in [-0.39, 0.29) is 5.76 Å². The fourth-order valence-electron chi connectivity index (χ4n) is 3.16. The smallest absolute Gasteiger partial charge is 0.329 e. The van der Waals surface area contributed by atoms with E-state index in [9.17, 15) is 9.59 Å². The summed E-state index contributed by atoms with van der Waals surface area (Å²) in [7, 11) is 0. The summed E-state index contributed by atoms with van der Waals surface area (Å²) in [6.45, 7) is 0. The number of carbonyl (C=O) groups is 2. The number of urea groups is 1. The first-order chi connectivity index (χ1) is 15.2. The molecule has 2 N–H and O–H groups in total. The second-order valence-corrected chi connectivity index (χ2v) is 7.51. The van der Waals surface area contributed by atoms with Crippen LogP contribution in [0.2, 0.25) is 0 Å². The van der Waals surface area contributed by atoms with Crippen LogP contribution in [0.25, 0.3) is 11.0 Å². The highest BCUT2D eigenvalue weighted by Crippen LogP contribution is 2.41. The number of hydrogen-bond acceptors (Lipinski definition) is 6. The molecule has 8 heteroatoms. The van der Waals surface area contributed by atoms with Gasteiger partial charge in [-0.2, -0.15) is 0 Å². The Labute approximate surface area is 181 Å². The number of anilines is 1. The lowest BCUT2D eigenvalue weighted by Gasteiger charge is -2.09. The lowest BCUT2D eigenvalue weighted by atomic mass is 10.2. The normalized spacial score (nSPS) is 14.4. The first-order valence-corrected chi connectivity index (χ1v) is 10.3. The van der Waals surface area contributed by atoms with Crippen LogP contribution in [0.3, 0.4) is 0 Å². The highest BCUT2D eigenvalue weighted by atomic mass is 32.2. The fourth-order valence-corrected chi connectivity index (χ4v) is 3.60. The minimum absolute atomic E-state index is 0.168. The van der Waals surface area contributed by atoms with Crippen LogP contribution in [0.4, 0.5) is 10.5 Å². The number of benzene rings is 3. The number of para-hydroxylation sites is 1. The summed E-state index contributed by atoms with van der Waals surface area (Å²) in [5.74, 6) is 1.29. The summed E-state index contributed by atoms with van der Waals surface area (Å²) in [5, 5.41) is 3.09. The van der Waals surface area contributed by atoms with Crippen LogP contribution in [-0.4, -0.2) is 11.1 Å². The largest absolute Gasteiger partial charge is 0.452 e. The minimum Gasteiger partial charge on any atom is -0.452 e.